The third kappa shape index (κ3) is 4.14. The van der Waals surface area contributed by atoms with Gasteiger partial charge in [-0.05, 0) is 29.9 Å². The molecule has 2 amide bonds. The average molecular weight is 303 g/mol. The zero-order valence-electron chi connectivity index (χ0n) is 11.4. The molecule has 0 spiro atoms. The maximum absolute atomic E-state index is 12.0. The number of nitrogens with two attached hydrogens (primary N) is 2. The van der Waals surface area contributed by atoms with Crippen molar-refractivity contribution in [1.82, 2.24) is 0 Å². The number of benzene rings is 1. The summed E-state index contributed by atoms with van der Waals surface area (Å²) in [7, 11) is 0. The van der Waals surface area contributed by atoms with Crippen LogP contribution in [0.3, 0.4) is 0 Å². The number of carbonyl (C=O) groups excluding carboxylic acids is 2. The number of nitrogens with one attached hydrogen (secondary N) is 1. The van der Waals surface area contributed by atoms with Crippen molar-refractivity contribution >= 4 is 28.2 Å². The number of aryl methyl sites for hydroxylation is 1. The van der Waals surface area contributed by atoms with E-state index in [9.17, 15) is 9.59 Å². The molecule has 1 aromatic carbocycles. The zero-order valence-corrected chi connectivity index (χ0v) is 12.2. The van der Waals surface area contributed by atoms with Gasteiger partial charge in [0.15, 0.2) is 0 Å². The van der Waals surface area contributed by atoms with Gasteiger partial charge in [-0.15, -0.1) is 11.3 Å². The smallest absolute Gasteiger partial charge is 0.251 e. The fourth-order valence-corrected chi connectivity index (χ4v) is 2.70. The van der Waals surface area contributed by atoms with Gasteiger partial charge in [0.05, 0.1) is 11.6 Å². The number of anilines is 1. The van der Waals surface area contributed by atoms with Crippen LogP contribution in [0, 0.1) is 0 Å². The van der Waals surface area contributed by atoms with E-state index in [-0.39, 0.29) is 5.91 Å². The summed E-state index contributed by atoms with van der Waals surface area (Å²) < 4.78 is 0. The first-order chi connectivity index (χ1) is 10.1. The lowest BCUT2D eigenvalue weighted by molar-refractivity contribution is -0.117. The lowest BCUT2D eigenvalue weighted by Gasteiger charge is -2.12. The Morgan fingerprint density at radius 3 is 2.57 bits per heavy atom. The molecule has 110 valence electrons. The number of hydrogen-bond donors (Lipinski definition) is 3. The third-order valence-electron chi connectivity index (χ3n) is 3.09. The van der Waals surface area contributed by atoms with E-state index in [2.05, 4.69) is 5.32 Å². The maximum atomic E-state index is 12.0. The van der Waals surface area contributed by atoms with Crippen LogP contribution in [0.15, 0.2) is 41.8 Å². The van der Waals surface area contributed by atoms with Gasteiger partial charge in [-0.1, -0.05) is 30.3 Å². The molecule has 0 fully saturated rings. The zero-order chi connectivity index (χ0) is 15.2. The van der Waals surface area contributed by atoms with Gasteiger partial charge in [0.1, 0.15) is 5.00 Å². The molecular formula is C15H17N3O2S. The van der Waals surface area contributed by atoms with Crippen molar-refractivity contribution in [2.24, 2.45) is 11.5 Å². The molecule has 5 nitrogen and oxygen atoms in total. The second kappa shape index (κ2) is 7.01. The van der Waals surface area contributed by atoms with Crippen LogP contribution in [-0.4, -0.2) is 17.9 Å². The van der Waals surface area contributed by atoms with E-state index >= 15 is 0 Å². The summed E-state index contributed by atoms with van der Waals surface area (Å²) in [6.07, 6.45) is 1.26. The molecule has 1 aromatic heterocycles. The number of rotatable bonds is 6. The topological polar surface area (TPSA) is 98.2 Å². The van der Waals surface area contributed by atoms with E-state index in [1.807, 2.05) is 30.3 Å². The normalized spacial score (nSPS) is 11.9. The van der Waals surface area contributed by atoms with Crippen LogP contribution in [0.5, 0.6) is 0 Å². The van der Waals surface area contributed by atoms with E-state index in [1.54, 1.807) is 11.4 Å². The Morgan fingerprint density at radius 2 is 1.90 bits per heavy atom. The molecule has 0 aliphatic rings. The van der Waals surface area contributed by atoms with Gasteiger partial charge in [-0.25, -0.2) is 0 Å². The van der Waals surface area contributed by atoms with Crippen LogP contribution in [0.25, 0.3) is 0 Å². The predicted octanol–water partition coefficient (Wildman–Crippen LogP) is 1.75. The highest BCUT2D eigenvalue weighted by atomic mass is 32.1. The van der Waals surface area contributed by atoms with Crippen molar-refractivity contribution in [3.05, 3.63) is 52.9 Å². The summed E-state index contributed by atoms with van der Waals surface area (Å²) in [5, 5.41) is 4.81. The van der Waals surface area contributed by atoms with Crippen LogP contribution < -0.4 is 16.8 Å². The van der Waals surface area contributed by atoms with Crippen molar-refractivity contribution < 1.29 is 9.59 Å². The highest BCUT2D eigenvalue weighted by Crippen LogP contribution is 2.22. The van der Waals surface area contributed by atoms with Gasteiger partial charge in [0.25, 0.3) is 5.91 Å². The average Bonchev–Trinajstić information content (AvgIpc) is 2.94. The van der Waals surface area contributed by atoms with E-state index < -0.39 is 11.9 Å². The Morgan fingerprint density at radius 1 is 1.19 bits per heavy atom. The largest absolute Gasteiger partial charge is 0.366 e. The minimum absolute atomic E-state index is 0.309. The first kappa shape index (κ1) is 15.2. The van der Waals surface area contributed by atoms with E-state index in [4.69, 9.17) is 11.5 Å². The third-order valence-corrected chi connectivity index (χ3v) is 3.92. The summed E-state index contributed by atoms with van der Waals surface area (Å²) in [5.41, 5.74) is 12.6. The van der Waals surface area contributed by atoms with Crippen LogP contribution >= 0.6 is 11.3 Å². The Balaban J connectivity index is 1.90. The fourth-order valence-electron chi connectivity index (χ4n) is 1.90. The summed E-state index contributed by atoms with van der Waals surface area (Å²) in [5.74, 6) is -0.875. The Hall–Kier alpha value is -2.18. The van der Waals surface area contributed by atoms with Crippen molar-refractivity contribution in [2.45, 2.75) is 18.9 Å². The highest BCUT2D eigenvalue weighted by molar-refractivity contribution is 7.14. The molecule has 6 heteroatoms. The molecule has 2 aromatic rings. The minimum atomic E-state index is -0.631. The Labute approximate surface area is 127 Å². The van der Waals surface area contributed by atoms with Crippen LogP contribution in [0.1, 0.15) is 22.3 Å². The second-order valence-electron chi connectivity index (χ2n) is 4.65. The lowest BCUT2D eigenvalue weighted by Crippen LogP contribution is -2.36. The van der Waals surface area contributed by atoms with E-state index in [0.717, 1.165) is 12.0 Å². The first-order valence-electron chi connectivity index (χ1n) is 6.55. The fraction of sp³-hybridized carbons (Fsp3) is 0.200. The number of thiophene rings is 1. The van der Waals surface area contributed by atoms with Crippen LogP contribution in [0.4, 0.5) is 5.00 Å². The molecule has 21 heavy (non-hydrogen) atoms. The van der Waals surface area contributed by atoms with Gasteiger partial charge in [0, 0.05) is 0 Å². The molecule has 5 N–H and O–H groups in total. The second-order valence-corrected chi connectivity index (χ2v) is 5.56. The number of carbonyl (C=O) groups is 2. The van der Waals surface area contributed by atoms with E-state index in [0.29, 0.717) is 17.0 Å². The molecule has 0 saturated carbocycles. The minimum Gasteiger partial charge on any atom is -0.366 e. The van der Waals surface area contributed by atoms with Crippen LogP contribution in [-0.2, 0) is 11.2 Å². The Kier molecular flexibility index (Phi) is 5.08. The number of primary amides is 1. The van der Waals surface area contributed by atoms with Gasteiger partial charge in [-0.2, -0.15) is 0 Å². The van der Waals surface area contributed by atoms with Crippen LogP contribution in [0.2, 0.25) is 0 Å². The van der Waals surface area contributed by atoms with Gasteiger partial charge in [0.2, 0.25) is 5.91 Å². The molecule has 1 heterocycles. The Bertz CT molecular complexity index is 625. The highest BCUT2D eigenvalue weighted by Gasteiger charge is 2.17. The molecule has 0 aliphatic heterocycles. The first-order valence-corrected chi connectivity index (χ1v) is 7.43. The summed E-state index contributed by atoms with van der Waals surface area (Å²) in [6.45, 7) is 0. The van der Waals surface area contributed by atoms with Crippen molar-refractivity contribution in [3.8, 4) is 0 Å². The molecule has 0 saturated heterocycles. The summed E-state index contributed by atoms with van der Waals surface area (Å²) in [4.78, 5) is 23.2. The summed E-state index contributed by atoms with van der Waals surface area (Å²) >= 11 is 1.25. The SMILES string of the molecule is NC(=O)c1ccsc1NC(=O)[C@@H](N)CCc1ccccc1. The standard InChI is InChI=1S/C15H17N3O2S/c16-12(7-6-10-4-2-1-3-5-10)14(20)18-15-11(13(17)19)8-9-21-15/h1-5,8-9,12H,6-7,16H2,(H2,17,19)(H,18,20)/t12-/m0/s1. The molecule has 2 rings (SSSR count). The van der Waals surface area contributed by atoms with Gasteiger partial charge >= 0.3 is 0 Å². The van der Waals surface area contributed by atoms with Gasteiger partial charge in [-0.3, -0.25) is 9.59 Å². The molecule has 0 aliphatic carbocycles. The van der Waals surface area contributed by atoms with Crippen molar-refractivity contribution in [2.75, 3.05) is 5.32 Å². The lowest BCUT2D eigenvalue weighted by atomic mass is 10.1. The van der Waals surface area contributed by atoms with Gasteiger partial charge < -0.3 is 16.8 Å². The molecule has 1 atom stereocenters. The molecule has 0 radical (unpaired) electrons. The molecule has 0 unspecified atom stereocenters. The quantitative estimate of drug-likeness (QED) is 0.758. The maximum Gasteiger partial charge on any atom is 0.251 e. The monoisotopic (exact) mass is 303 g/mol. The van der Waals surface area contributed by atoms with E-state index in [1.165, 1.54) is 11.3 Å². The number of hydrogen-bond acceptors (Lipinski definition) is 4. The predicted molar refractivity (Wildman–Crippen MR) is 84.2 cm³/mol. The van der Waals surface area contributed by atoms with Crippen molar-refractivity contribution in [1.29, 1.82) is 0 Å². The molecular weight excluding hydrogens is 286 g/mol. The number of amides is 2. The van der Waals surface area contributed by atoms with Crippen molar-refractivity contribution in [3.63, 3.8) is 0 Å². The molecule has 0 bridgehead atoms. The summed E-state index contributed by atoms with van der Waals surface area (Å²) in [6, 6.07) is 10.8.